The summed E-state index contributed by atoms with van der Waals surface area (Å²) in [4.78, 5) is 4.30. The van der Waals surface area contributed by atoms with Crippen LogP contribution in [-0.2, 0) is 0 Å². The quantitative estimate of drug-likeness (QED) is 0.533. The summed E-state index contributed by atoms with van der Waals surface area (Å²) in [6.45, 7) is 3.94. The van der Waals surface area contributed by atoms with E-state index in [-0.39, 0.29) is 0 Å². The van der Waals surface area contributed by atoms with Crippen molar-refractivity contribution in [3.63, 3.8) is 0 Å². The largest absolute Gasteiger partial charge is 0.496 e. The van der Waals surface area contributed by atoms with Crippen molar-refractivity contribution < 1.29 is 13.9 Å². The minimum absolute atomic E-state index is 0.490. The highest BCUT2D eigenvalue weighted by molar-refractivity contribution is 5.82. The van der Waals surface area contributed by atoms with Crippen molar-refractivity contribution in [1.82, 2.24) is 15.2 Å². The monoisotopic (exact) mass is 347 g/mol. The number of nitrogens with zero attached hydrogens (tertiary/aromatic N) is 3. The van der Waals surface area contributed by atoms with Crippen molar-refractivity contribution >= 4 is 11.0 Å². The lowest BCUT2D eigenvalue weighted by Gasteiger charge is -2.14. The summed E-state index contributed by atoms with van der Waals surface area (Å²) >= 11 is 0. The molecule has 26 heavy (non-hydrogen) atoms. The molecule has 0 atom stereocenters. The van der Waals surface area contributed by atoms with Gasteiger partial charge in [0, 0.05) is 23.4 Å². The van der Waals surface area contributed by atoms with Gasteiger partial charge >= 0.3 is 0 Å². The molecule has 3 heterocycles. The Hall–Kier alpha value is -3.41. The Kier molecular flexibility index (Phi) is 4.01. The summed E-state index contributed by atoms with van der Waals surface area (Å²) in [5.41, 5.74) is 4.57. The van der Waals surface area contributed by atoms with Gasteiger partial charge in [0.2, 0.25) is 5.88 Å². The maximum absolute atomic E-state index is 5.96. The SMILES string of the molecule is COc1cc(Oc2nccc3occc23)ccc1-c1c(C)cnnc1C. The molecule has 0 unspecified atom stereocenters. The Labute approximate surface area is 150 Å². The van der Waals surface area contributed by atoms with E-state index < -0.39 is 0 Å². The molecule has 0 saturated heterocycles. The molecule has 0 aliphatic rings. The summed E-state index contributed by atoms with van der Waals surface area (Å²) in [5, 5.41) is 8.96. The van der Waals surface area contributed by atoms with Crippen LogP contribution in [0.15, 0.2) is 53.4 Å². The average Bonchev–Trinajstić information content (AvgIpc) is 3.12. The fourth-order valence-electron chi connectivity index (χ4n) is 3.01. The zero-order chi connectivity index (χ0) is 18.1. The molecule has 0 bridgehead atoms. The van der Waals surface area contributed by atoms with Gasteiger partial charge < -0.3 is 13.9 Å². The fourth-order valence-corrected chi connectivity index (χ4v) is 3.01. The van der Waals surface area contributed by atoms with E-state index in [9.17, 15) is 0 Å². The van der Waals surface area contributed by atoms with E-state index in [0.29, 0.717) is 17.4 Å². The number of furan rings is 1. The first-order chi connectivity index (χ1) is 12.7. The number of fused-ring (bicyclic) bond motifs is 1. The van der Waals surface area contributed by atoms with Gasteiger partial charge in [-0.3, -0.25) is 0 Å². The zero-order valence-corrected chi connectivity index (χ0v) is 14.7. The topological polar surface area (TPSA) is 70.3 Å². The average molecular weight is 347 g/mol. The Morgan fingerprint density at radius 1 is 1.08 bits per heavy atom. The molecule has 0 fully saturated rings. The second-order valence-corrected chi connectivity index (χ2v) is 5.90. The molecule has 0 aliphatic heterocycles. The normalized spacial score (nSPS) is 10.9. The molecule has 0 spiro atoms. The molecule has 4 aromatic rings. The number of pyridine rings is 1. The summed E-state index contributed by atoms with van der Waals surface area (Å²) in [6.07, 6.45) is 5.02. The van der Waals surface area contributed by atoms with Crippen molar-refractivity contribution in [2.24, 2.45) is 0 Å². The minimum atomic E-state index is 0.490. The number of hydrogen-bond donors (Lipinski definition) is 0. The van der Waals surface area contributed by atoms with E-state index in [0.717, 1.165) is 33.4 Å². The number of ether oxygens (including phenoxy) is 2. The Bertz CT molecular complexity index is 1070. The summed E-state index contributed by atoms with van der Waals surface area (Å²) < 4.78 is 16.9. The van der Waals surface area contributed by atoms with Crippen LogP contribution in [0.1, 0.15) is 11.3 Å². The van der Waals surface area contributed by atoms with Crippen molar-refractivity contribution in [3.05, 3.63) is 60.2 Å². The van der Waals surface area contributed by atoms with E-state index >= 15 is 0 Å². The lowest BCUT2D eigenvalue weighted by atomic mass is 9.99. The Balaban J connectivity index is 1.75. The third-order valence-corrected chi connectivity index (χ3v) is 4.22. The highest BCUT2D eigenvalue weighted by atomic mass is 16.5. The van der Waals surface area contributed by atoms with Gasteiger partial charge in [-0.2, -0.15) is 10.2 Å². The molecule has 1 aromatic carbocycles. The summed E-state index contributed by atoms with van der Waals surface area (Å²) in [7, 11) is 1.64. The van der Waals surface area contributed by atoms with Crippen LogP contribution in [0.2, 0.25) is 0 Å². The molecular weight excluding hydrogens is 330 g/mol. The maximum Gasteiger partial charge on any atom is 0.230 e. The molecule has 0 amide bonds. The smallest absolute Gasteiger partial charge is 0.230 e. The standard InChI is InChI=1S/C20H17N3O3/c1-12-11-22-23-13(2)19(12)15-5-4-14(10-18(15)24-3)26-20-16-7-9-25-17(16)6-8-21-20/h4-11H,1-3H3. The number of methoxy groups -OCH3 is 1. The van der Waals surface area contributed by atoms with Gasteiger partial charge in [-0.05, 0) is 43.7 Å². The minimum Gasteiger partial charge on any atom is -0.496 e. The van der Waals surface area contributed by atoms with Gasteiger partial charge in [0.1, 0.15) is 17.1 Å². The van der Waals surface area contributed by atoms with Crippen LogP contribution >= 0.6 is 0 Å². The second-order valence-electron chi connectivity index (χ2n) is 5.90. The highest BCUT2D eigenvalue weighted by Crippen LogP contribution is 2.37. The van der Waals surface area contributed by atoms with Crippen molar-refractivity contribution in [2.45, 2.75) is 13.8 Å². The van der Waals surface area contributed by atoms with E-state index in [1.54, 1.807) is 31.8 Å². The van der Waals surface area contributed by atoms with E-state index in [1.807, 2.05) is 38.1 Å². The molecule has 6 nitrogen and oxygen atoms in total. The molecule has 6 heteroatoms. The lowest BCUT2D eigenvalue weighted by Crippen LogP contribution is -1.97. The number of rotatable bonds is 4. The first-order valence-corrected chi connectivity index (χ1v) is 8.14. The lowest BCUT2D eigenvalue weighted by molar-refractivity contribution is 0.409. The van der Waals surface area contributed by atoms with Crippen molar-refractivity contribution in [3.8, 4) is 28.5 Å². The zero-order valence-electron chi connectivity index (χ0n) is 14.7. The Morgan fingerprint density at radius 2 is 1.96 bits per heavy atom. The molecule has 4 rings (SSSR count). The third kappa shape index (κ3) is 2.75. The molecule has 0 aliphatic carbocycles. The number of aryl methyl sites for hydroxylation is 2. The predicted octanol–water partition coefficient (Wildman–Crippen LogP) is 4.70. The highest BCUT2D eigenvalue weighted by Gasteiger charge is 2.15. The number of aromatic nitrogens is 3. The maximum atomic E-state index is 5.96. The second kappa shape index (κ2) is 6.48. The molecular formula is C20H17N3O3. The van der Waals surface area contributed by atoms with Gasteiger partial charge in [0.05, 0.1) is 30.6 Å². The molecule has 0 radical (unpaired) electrons. The van der Waals surface area contributed by atoms with Crippen LogP contribution in [0, 0.1) is 13.8 Å². The van der Waals surface area contributed by atoms with Crippen LogP contribution in [0.5, 0.6) is 17.4 Å². The van der Waals surface area contributed by atoms with Gasteiger partial charge in [-0.15, -0.1) is 0 Å². The van der Waals surface area contributed by atoms with E-state index in [4.69, 9.17) is 13.9 Å². The fraction of sp³-hybridized carbons (Fsp3) is 0.150. The molecule has 0 saturated carbocycles. The van der Waals surface area contributed by atoms with E-state index in [1.165, 1.54) is 0 Å². The summed E-state index contributed by atoms with van der Waals surface area (Å²) in [6, 6.07) is 9.32. The number of benzene rings is 1. The van der Waals surface area contributed by atoms with Gasteiger partial charge in [-0.25, -0.2) is 4.98 Å². The molecule has 0 N–H and O–H groups in total. The van der Waals surface area contributed by atoms with Crippen LogP contribution in [0.4, 0.5) is 0 Å². The third-order valence-electron chi connectivity index (χ3n) is 4.22. The predicted molar refractivity (Wildman–Crippen MR) is 97.6 cm³/mol. The van der Waals surface area contributed by atoms with Crippen molar-refractivity contribution in [1.29, 1.82) is 0 Å². The van der Waals surface area contributed by atoms with Crippen LogP contribution < -0.4 is 9.47 Å². The van der Waals surface area contributed by atoms with Crippen LogP contribution in [-0.4, -0.2) is 22.3 Å². The molecule has 130 valence electrons. The van der Waals surface area contributed by atoms with Crippen LogP contribution in [0.3, 0.4) is 0 Å². The van der Waals surface area contributed by atoms with Crippen molar-refractivity contribution in [2.75, 3.05) is 7.11 Å². The number of hydrogen-bond acceptors (Lipinski definition) is 6. The summed E-state index contributed by atoms with van der Waals surface area (Å²) in [5.74, 6) is 1.81. The van der Waals surface area contributed by atoms with E-state index in [2.05, 4.69) is 15.2 Å². The van der Waals surface area contributed by atoms with Gasteiger partial charge in [0.15, 0.2) is 0 Å². The van der Waals surface area contributed by atoms with Gasteiger partial charge in [0.25, 0.3) is 0 Å². The Morgan fingerprint density at radius 3 is 2.77 bits per heavy atom. The molecule has 3 aromatic heterocycles. The first-order valence-electron chi connectivity index (χ1n) is 8.14. The van der Waals surface area contributed by atoms with Gasteiger partial charge in [-0.1, -0.05) is 0 Å². The first kappa shape index (κ1) is 16.1. The van der Waals surface area contributed by atoms with Crippen LogP contribution in [0.25, 0.3) is 22.1 Å².